The number of nitrogens with zero attached hydrogens (tertiary/aromatic N) is 1. The fourth-order valence-corrected chi connectivity index (χ4v) is 3.69. The lowest BCUT2D eigenvalue weighted by atomic mass is 10.1. The summed E-state index contributed by atoms with van der Waals surface area (Å²) in [4.78, 5) is 39.0. The van der Waals surface area contributed by atoms with Crippen molar-refractivity contribution >= 4 is 29.6 Å². The number of benzene rings is 2. The number of cyclic esters (lactones) is 1. The Kier molecular flexibility index (Phi) is 7.77. The third-order valence-electron chi connectivity index (χ3n) is 4.52. The number of ether oxygens (including phenoxy) is 4. The first-order chi connectivity index (χ1) is 15.0. The molecule has 2 aromatic rings. The molecule has 1 aliphatic rings. The Bertz CT molecular complexity index is 935. The fraction of sp³-hybridized carbons (Fsp3) is 0.318. The Morgan fingerprint density at radius 3 is 2.61 bits per heavy atom. The van der Waals surface area contributed by atoms with Crippen LogP contribution in [0.5, 0.6) is 11.5 Å². The molecule has 1 fully saturated rings. The zero-order valence-corrected chi connectivity index (χ0v) is 18.1. The minimum atomic E-state index is -0.630. The van der Waals surface area contributed by atoms with Crippen molar-refractivity contribution in [2.45, 2.75) is 11.0 Å². The van der Waals surface area contributed by atoms with Crippen LogP contribution in [0.15, 0.2) is 53.4 Å². The molecule has 1 amide bonds. The number of methoxy groups -OCH3 is 2. The number of amides is 1. The van der Waals surface area contributed by atoms with Gasteiger partial charge in [-0.3, -0.25) is 14.5 Å². The van der Waals surface area contributed by atoms with Gasteiger partial charge >= 0.3 is 12.1 Å². The van der Waals surface area contributed by atoms with Gasteiger partial charge in [0, 0.05) is 4.90 Å². The lowest BCUT2D eigenvalue weighted by Crippen LogP contribution is -2.32. The van der Waals surface area contributed by atoms with Gasteiger partial charge in [0.2, 0.25) is 0 Å². The average Bonchev–Trinajstić information content (AvgIpc) is 3.15. The number of carbonyl (C=O) groups is 3. The number of Topliss-reactive ketones (excluding diaryl/α,β-unsaturated/α-hetero) is 1. The molecular formula is C22H23NO7S. The summed E-state index contributed by atoms with van der Waals surface area (Å²) in [6.45, 7) is -0.0975. The first kappa shape index (κ1) is 22.5. The molecule has 0 radical (unpaired) electrons. The van der Waals surface area contributed by atoms with E-state index in [0.717, 1.165) is 4.90 Å². The van der Waals surface area contributed by atoms with Gasteiger partial charge in [-0.2, -0.15) is 0 Å². The van der Waals surface area contributed by atoms with Crippen molar-refractivity contribution in [3.63, 3.8) is 0 Å². The highest BCUT2D eigenvalue weighted by Crippen LogP contribution is 2.25. The van der Waals surface area contributed by atoms with Crippen LogP contribution in [-0.4, -0.2) is 68.5 Å². The van der Waals surface area contributed by atoms with Crippen molar-refractivity contribution in [1.82, 2.24) is 4.90 Å². The minimum absolute atomic E-state index is 0.0624. The normalized spacial score (nSPS) is 15.4. The van der Waals surface area contributed by atoms with Crippen molar-refractivity contribution in [2.75, 3.05) is 39.7 Å². The van der Waals surface area contributed by atoms with Crippen LogP contribution in [0.25, 0.3) is 0 Å². The van der Waals surface area contributed by atoms with Gasteiger partial charge < -0.3 is 18.9 Å². The number of ketones is 1. The molecule has 0 aromatic heterocycles. The Morgan fingerprint density at radius 2 is 1.90 bits per heavy atom. The van der Waals surface area contributed by atoms with E-state index in [2.05, 4.69) is 0 Å². The molecule has 2 aromatic carbocycles. The summed E-state index contributed by atoms with van der Waals surface area (Å²) in [6, 6.07) is 14.4. The van der Waals surface area contributed by atoms with Crippen LogP contribution in [0.1, 0.15) is 10.4 Å². The number of hydrogen-bond acceptors (Lipinski definition) is 8. The van der Waals surface area contributed by atoms with Gasteiger partial charge in [0.1, 0.15) is 18.1 Å². The Hall–Kier alpha value is -3.20. The van der Waals surface area contributed by atoms with Crippen LogP contribution >= 0.6 is 11.8 Å². The molecule has 1 aliphatic heterocycles. The highest BCUT2D eigenvalue weighted by molar-refractivity contribution is 8.00. The fourth-order valence-electron chi connectivity index (χ4n) is 2.97. The molecular weight excluding hydrogens is 422 g/mol. The van der Waals surface area contributed by atoms with Crippen LogP contribution in [0.2, 0.25) is 0 Å². The molecule has 0 N–H and O–H groups in total. The van der Waals surface area contributed by atoms with Gasteiger partial charge in [-0.25, -0.2) is 4.79 Å². The molecule has 1 unspecified atom stereocenters. The maximum atomic E-state index is 12.7. The first-order valence-electron chi connectivity index (χ1n) is 9.54. The van der Waals surface area contributed by atoms with Gasteiger partial charge in [-0.15, -0.1) is 11.8 Å². The number of carbonyl (C=O) groups excluding carboxylic acids is 3. The highest BCUT2D eigenvalue weighted by Gasteiger charge is 2.34. The topological polar surface area (TPSA) is 91.4 Å². The second kappa shape index (κ2) is 10.7. The Balaban J connectivity index is 1.49. The summed E-state index contributed by atoms with van der Waals surface area (Å²) in [5, 5.41) is 0. The van der Waals surface area contributed by atoms with E-state index in [-0.39, 0.29) is 31.2 Å². The second-order valence-electron chi connectivity index (χ2n) is 6.66. The number of thioether (sulfide) groups is 1. The predicted octanol–water partition coefficient (Wildman–Crippen LogP) is 3.04. The number of esters is 1. The lowest BCUT2D eigenvalue weighted by molar-refractivity contribution is -0.142. The summed E-state index contributed by atoms with van der Waals surface area (Å²) in [6.07, 6.45) is -1.26. The minimum Gasteiger partial charge on any atom is -0.497 e. The molecule has 0 spiro atoms. The quantitative estimate of drug-likeness (QED) is 0.313. The smallest absolute Gasteiger partial charge is 0.410 e. The molecule has 1 heterocycles. The van der Waals surface area contributed by atoms with Crippen molar-refractivity contribution in [3.8, 4) is 11.5 Å². The summed E-state index contributed by atoms with van der Waals surface area (Å²) in [7, 11) is 2.96. The molecule has 164 valence electrons. The standard InChI is InChI=1S/C22H23NO7S/c1-27-15-8-9-20(28-2)18(10-15)19(24)12-23-11-16(30-22(23)26)13-29-21(25)14-31-17-6-4-3-5-7-17/h3-10,16H,11-14H2,1-2H3. The SMILES string of the molecule is COc1ccc(OC)c(C(=O)CN2CC(COC(=O)CSc3ccccc3)OC2=O)c1. The van der Waals surface area contributed by atoms with E-state index in [0.29, 0.717) is 17.1 Å². The van der Waals surface area contributed by atoms with E-state index in [1.54, 1.807) is 18.2 Å². The third-order valence-corrected chi connectivity index (χ3v) is 5.51. The van der Waals surface area contributed by atoms with Gasteiger partial charge in [-0.1, -0.05) is 18.2 Å². The molecule has 0 aliphatic carbocycles. The zero-order valence-electron chi connectivity index (χ0n) is 17.2. The van der Waals surface area contributed by atoms with E-state index in [4.69, 9.17) is 18.9 Å². The summed E-state index contributed by atoms with van der Waals surface area (Å²) >= 11 is 1.37. The van der Waals surface area contributed by atoms with E-state index >= 15 is 0 Å². The number of hydrogen-bond donors (Lipinski definition) is 0. The van der Waals surface area contributed by atoms with E-state index in [1.165, 1.54) is 30.9 Å². The van der Waals surface area contributed by atoms with Gasteiger partial charge in [0.15, 0.2) is 11.9 Å². The van der Waals surface area contributed by atoms with E-state index < -0.39 is 18.2 Å². The summed E-state index contributed by atoms with van der Waals surface area (Å²) < 4.78 is 20.8. The second-order valence-corrected chi connectivity index (χ2v) is 7.71. The monoisotopic (exact) mass is 445 g/mol. The molecule has 0 bridgehead atoms. The first-order valence-corrected chi connectivity index (χ1v) is 10.5. The summed E-state index contributed by atoms with van der Waals surface area (Å²) in [5.74, 6) is 0.332. The average molecular weight is 445 g/mol. The van der Waals surface area contributed by atoms with Crippen LogP contribution in [0.3, 0.4) is 0 Å². The molecule has 1 saturated heterocycles. The van der Waals surface area contributed by atoms with Gasteiger partial charge in [-0.05, 0) is 30.3 Å². The third kappa shape index (κ3) is 6.14. The maximum Gasteiger partial charge on any atom is 0.410 e. The Morgan fingerprint density at radius 1 is 1.13 bits per heavy atom. The van der Waals surface area contributed by atoms with Crippen LogP contribution in [0, 0.1) is 0 Å². The molecule has 9 heteroatoms. The Labute approximate surface area is 184 Å². The summed E-state index contributed by atoms with van der Waals surface area (Å²) in [5.41, 5.74) is 0.308. The van der Waals surface area contributed by atoms with Crippen molar-refractivity contribution < 1.29 is 33.3 Å². The molecule has 8 nitrogen and oxygen atoms in total. The molecule has 1 atom stereocenters. The van der Waals surface area contributed by atoms with Crippen LogP contribution in [0.4, 0.5) is 4.79 Å². The lowest BCUT2D eigenvalue weighted by Gasteiger charge is -2.14. The van der Waals surface area contributed by atoms with Gasteiger partial charge in [0.25, 0.3) is 0 Å². The van der Waals surface area contributed by atoms with Crippen molar-refractivity contribution in [3.05, 3.63) is 54.1 Å². The zero-order chi connectivity index (χ0) is 22.2. The van der Waals surface area contributed by atoms with Gasteiger partial charge in [0.05, 0.1) is 38.6 Å². The highest BCUT2D eigenvalue weighted by atomic mass is 32.2. The van der Waals surface area contributed by atoms with Crippen molar-refractivity contribution in [1.29, 1.82) is 0 Å². The number of rotatable bonds is 10. The molecule has 31 heavy (non-hydrogen) atoms. The largest absolute Gasteiger partial charge is 0.497 e. The van der Waals surface area contributed by atoms with Crippen LogP contribution in [-0.2, 0) is 14.3 Å². The molecule has 0 saturated carbocycles. The van der Waals surface area contributed by atoms with E-state index in [1.807, 2.05) is 30.3 Å². The molecule has 3 rings (SSSR count). The van der Waals surface area contributed by atoms with Crippen LogP contribution < -0.4 is 9.47 Å². The van der Waals surface area contributed by atoms with Crippen molar-refractivity contribution in [2.24, 2.45) is 0 Å². The van der Waals surface area contributed by atoms with E-state index in [9.17, 15) is 14.4 Å². The maximum absolute atomic E-state index is 12.7. The predicted molar refractivity (Wildman–Crippen MR) is 114 cm³/mol.